The molecule has 2 aromatic rings. The van der Waals surface area contributed by atoms with Crippen LogP contribution < -0.4 is 10.1 Å². The van der Waals surface area contributed by atoms with Gasteiger partial charge in [0.15, 0.2) is 0 Å². The number of ether oxygens (including phenoxy) is 1. The van der Waals surface area contributed by atoms with Crippen LogP contribution in [0, 0.1) is 0 Å². The molecule has 0 saturated carbocycles. The molecule has 2 rings (SSSR count). The normalized spacial score (nSPS) is 10.2. The maximum Gasteiger partial charge on any atom is 0.255 e. The van der Waals surface area contributed by atoms with E-state index in [9.17, 15) is 9.59 Å². The highest BCUT2D eigenvalue weighted by Crippen LogP contribution is 2.16. The van der Waals surface area contributed by atoms with Crippen molar-refractivity contribution < 1.29 is 14.3 Å². The minimum absolute atomic E-state index is 0.177. The molecule has 24 heavy (non-hydrogen) atoms. The van der Waals surface area contributed by atoms with Gasteiger partial charge in [-0.2, -0.15) is 0 Å². The van der Waals surface area contributed by atoms with Crippen LogP contribution in [0.2, 0.25) is 0 Å². The fraction of sp³-hybridized carbons (Fsp3) is 0.300. The first-order valence-corrected chi connectivity index (χ1v) is 8.17. The highest BCUT2D eigenvalue weighted by atomic mass is 16.5. The number of rotatable bonds is 9. The Bertz CT molecular complexity index is 668. The van der Waals surface area contributed by atoms with Crippen molar-refractivity contribution in [1.82, 2.24) is 5.32 Å². The Hall–Kier alpha value is -2.62. The molecule has 4 nitrogen and oxygen atoms in total. The Morgan fingerprint density at radius 2 is 1.67 bits per heavy atom. The van der Waals surface area contributed by atoms with E-state index in [1.807, 2.05) is 36.4 Å². The van der Waals surface area contributed by atoms with Gasteiger partial charge in [0.1, 0.15) is 11.5 Å². The Kier molecular flexibility index (Phi) is 7.02. The largest absolute Gasteiger partial charge is 0.496 e. The average Bonchev–Trinajstić information content (AvgIpc) is 2.64. The second-order valence-corrected chi connectivity index (χ2v) is 5.58. The van der Waals surface area contributed by atoms with Gasteiger partial charge < -0.3 is 10.1 Å². The molecule has 0 bridgehead atoms. The molecule has 126 valence electrons. The van der Waals surface area contributed by atoms with Crippen molar-refractivity contribution in [2.75, 3.05) is 13.7 Å². The summed E-state index contributed by atoms with van der Waals surface area (Å²) in [4.78, 5) is 24.0. The summed E-state index contributed by atoms with van der Waals surface area (Å²) in [6, 6.07) is 17.1. The lowest BCUT2D eigenvalue weighted by atomic mass is 10.1. The van der Waals surface area contributed by atoms with Crippen LogP contribution in [0.25, 0.3) is 0 Å². The molecule has 1 N–H and O–H groups in total. The smallest absolute Gasteiger partial charge is 0.255 e. The molecule has 0 radical (unpaired) electrons. The monoisotopic (exact) mass is 325 g/mol. The minimum Gasteiger partial charge on any atom is -0.496 e. The Morgan fingerprint density at radius 1 is 0.958 bits per heavy atom. The molecule has 0 fully saturated rings. The SMILES string of the molecule is COc1ccccc1C(=O)NCCCC(=O)CCc1ccccc1. The summed E-state index contributed by atoms with van der Waals surface area (Å²) in [6.07, 6.45) is 2.45. The minimum atomic E-state index is -0.177. The highest BCUT2D eigenvalue weighted by molar-refractivity contribution is 5.96. The highest BCUT2D eigenvalue weighted by Gasteiger charge is 2.10. The van der Waals surface area contributed by atoms with Crippen LogP contribution in [0.1, 0.15) is 35.2 Å². The molecule has 0 aliphatic carbocycles. The quantitative estimate of drug-likeness (QED) is 0.719. The third-order valence-electron chi connectivity index (χ3n) is 3.80. The Labute approximate surface area is 142 Å². The number of methoxy groups -OCH3 is 1. The second kappa shape index (κ2) is 9.50. The van der Waals surface area contributed by atoms with E-state index in [0.29, 0.717) is 37.1 Å². The lowest BCUT2D eigenvalue weighted by molar-refractivity contribution is -0.119. The zero-order valence-corrected chi connectivity index (χ0v) is 14.0. The summed E-state index contributed by atoms with van der Waals surface area (Å²) in [5.74, 6) is 0.600. The number of hydrogen-bond acceptors (Lipinski definition) is 3. The number of carbonyl (C=O) groups is 2. The van der Waals surface area contributed by atoms with Crippen molar-refractivity contribution in [2.24, 2.45) is 0 Å². The van der Waals surface area contributed by atoms with Crippen LogP contribution in [0.15, 0.2) is 54.6 Å². The molecule has 0 saturated heterocycles. The molecule has 0 aliphatic heterocycles. The Morgan fingerprint density at radius 3 is 2.42 bits per heavy atom. The predicted molar refractivity (Wildman–Crippen MR) is 94.3 cm³/mol. The molecule has 0 heterocycles. The second-order valence-electron chi connectivity index (χ2n) is 5.58. The number of amides is 1. The fourth-order valence-corrected chi connectivity index (χ4v) is 2.47. The van der Waals surface area contributed by atoms with E-state index in [-0.39, 0.29) is 11.7 Å². The molecule has 2 aromatic carbocycles. The maximum absolute atomic E-state index is 12.1. The number of para-hydroxylation sites is 1. The molecule has 4 heteroatoms. The summed E-state index contributed by atoms with van der Waals surface area (Å²) in [7, 11) is 1.54. The molecule has 1 amide bonds. The summed E-state index contributed by atoms with van der Waals surface area (Å²) in [5.41, 5.74) is 1.69. The van der Waals surface area contributed by atoms with Crippen molar-refractivity contribution in [2.45, 2.75) is 25.7 Å². The van der Waals surface area contributed by atoms with Gasteiger partial charge in [-0.25, -0.2) is 0 Å². The topological polar surface area (TPSA) is 55.4 Å². The summed E-state index contributed by atoms with van der Waals surface area (Å²) in [5, 5.41) is 2.83. The van der Waals surface area contributed by atoms with E-state index in [1.165, 1.54) is 12.7 Å². The van der Waals surface area contributed by atoms with Gasteiger partial charge in [-0.1, -0.05) is 42.5 Å². The van der Waals surface area contributed by atoms with E-state index in [2.05, 4.69) is 5.32 Å². The first kappa shape index (κ1) is 17.7. The molecular formula is C20H23NO3. The zero-order valence-electron chi connectivity index (χ0n) is 14.0. The van der Waals surface area contributed by atoms with Gasteiger partial charge in [-0.05, 0) is 30.5 Å². The predicted octanol–water partition coefficient (Wildman–Crippen LogP) is 3.41. The van der Waals surface area contributed by atoms with E-state index < -0.39 is 0 Å². The third kappa shape index (κ3) is 5.54. The first-order chi connectivity index (χ1) is 11.7. The average molecular weight is 325 g/mol. The van der Waals surface area contributed by atoms with Crippen LogP contribution in [0.3, 0.4) is 0 Å². The molecule has 0 spiro atoms. The zero-order chi connectivity index (χ0) is 17.2. The number of nitrogens with one attached hydrogen (secondary N) is 1. The summed E-state index contributed by atoms with van der Waals surface area (Å²) in [6.45, 7) is 0.480. The lowest BCUT2D eigenvalue weighted by Gasteiger charge is -2.08. The van der Waals surface area contributed by atoms with Crippen molar-refractivity contribution in [1.29, 1.82) is 0 Å². The molecular weight excluding hydrogens is 302 g/mol. The summed E-state index contributed by atoms with van der Waals surface area (Å²) >= 11 is 0. The maximum atomic E-state index is 12.1. The van der Waals surface area contributed by atoms with Crippen LogP contribution >= 0.6 is 0 Å². The fourth-order valence-electron chi connectivity index (χ4n) is 2.47. The standard InChI is InChI=1S/C20H23NO3/c1-24-19-12-6-5-11-18(19)20(23)21-15-7-10-17(22)14-13-16-8-3-2-4-9-16/h2-6,8-9,11-12H,7,10,13-15H2,1H3,(H,21,23). The van der Waals surface area contributed by atoms with Gasteiger partial charge in [0.05, 0.1) is 12.7 Å². The third-order valence-corrected chi connectivity index (χ3v) is 3.80. The van der Waals surface area contributed by atoms with Crippen LogP contribution in [-0.2, 0) is 11.2 Å². The first-order valence-electron chi connectivity index (χ1n) is 8.17. The van der Waals surface area contributed by atoms with Gasteiger partial charge >= 0.3 is 0 Å². The van der Waals surface area contributed by atoms with Crippen molar-refractivity contribution in [3.05, 3.63) is 65.7 Å². The van der Waals surface area contributed by atoms with E-state index >= 15 is 0 Å². The van der Waals surface area contributed by atoms with Crippen molar-refractivity contribution in [3.8, 4) is 5.75 Å². The van der Waals surface area contributed by atoms with Crippen molar-refractivity contribution >= 4 is 11.7 Å². The van der Waals surface area contributed by atoms with Crippen molar-refractivity contribution in [3.63, 3.8) is 0 Å². The van der Waals surface area contributed by atoms with Gasteiger partial charge in [0.25, 0.3) is 5.91 Å². The van der Waals surface area contributed by atoms with E-state index in [1.54, 1.807) is 18.2 Å². The van der Waals surface area contributed by atoms with Gasteiger partial charge in [0, 0.05) is 19.4 Å². The van der Waals surface area contributed by atoms with Crippen LogP contribution in [-0.4, -0.2) is 25.3 Å². The number of ketones is 1. The molecule has 0 unspecified atom stereocenters. The molecule has 0 aliphatic rings. The van der Waals surface area contributed by atoms with Crippen LogP contribution in [0.5, 0.6) is 5.75 Å². The van der Waals surface area contributed by atoms with Gasteiger partial charge in [0.2, 0.25) is 0 Å². The summed E-state index contributed by atoms with van der Waals surface area (Å²) < 4.78 is 5.17. The van der Waals surface area contributed by atoms with E-state index in [4.69, 9.17) is 4.74 Å². The van der Waals surface area contributed by atoms with Crippen LogP contribution in [0.4, 0.5) is 0 Å². The molecule has 0 atom stereocenters. The van der Waals surface area contributed by atoms with Gasteiger partial charge in [-0.15, -0.1) is 0 Å². The number of carbonyl (C=O) groups excluding carboxylic acids is 2. The van der Waals surface area contributed by atoms with E-state index in [0.717, 1.165) is 6.42 Å². The Balaban J connectivity index is 1.67. The number of aryl methyl sites for hydroxylation is 1. The number of Topliss-reactive ketones (excluding diaryl/α,β-unsaturated/α-hetero) is 1. The van der Waals surface area contributed by atoms with Gasteiger partial charge in [-0.3, -0.25) is 9.59 Å². The molecule has 0 aromatic heterocycles. The number of benzene rings is 2. The lowest BCUT2D eigenvalue weighted by Crippen LogP contribution is -2.25. The number of hydrogen-bond donors (Lipinski definition) is 1.